The zero-order valence-electron chi connectivity index (χ0n) is 16.3. The van der Waals surface area contributed by atoms with Crippen LogP contribution in [-0.2, 0) is 4.79 Å². The minimum Gasteiger partial charge on any atom is -0.334 e. The first kappa shape index (κ1) is 22.2. The summed E-state index contributed by atoms with van der Waals surface area (Å²) in [5, 5.41) is 15.4. The van der Waals surface area contributed by atoms with E-state index in [-0.39, 0.29) is 16.5 Å². The van der Waals surface area contributed by atoms with Crippen molar-refractivity contribution >= 4 is 63.9 Å². The van der Waals surface area contributed by atoms with Crippen molar-refractivity contribution in [3.8, 4) is 6.07 Å². The lowest BCUT2D eigenvalue weighted by Crippen LogP contribution is -2.35. The molecule has 2 amide bonds. The van der Waals surface area contributed by atoms with Crippen LogP contribution in [-0.4, -0.2) is 21.7 Å². The number of halogens is 4. The largest absolute Gasteiger partial charge is 0.334 e. The monoisotopic (exact) mass is 495 g/mol. The van der Waals surface area contributed by atoms with Crippen molar-refractivity contribution in [3.63, 3.8) is 0 Å². The fraction of sp³-hybridized carbons (Fsp3) is 0.318. The first-order valence-corrected chi connectivity index (χ1v) is 11.1. The van der Waals surface area contributed by atoms with Crippen molar-refractivity contribution in [2.75, 3.05) is 5.32 Å². The highest BCUT2D eigenvalue weighted by molar-refractivity contribution is 6.53. The Morgan fingerprint density at radius 1 is 1.13 bits per heavy atom. The maximum absolute atomic E-state index is 12.9. The lowest BCUT2D eigenvalue weighted by atomic mass is 10.1. The van der Waals surface area contributed by atoms with Gasteiger partial charge in [-0.15, -0.1) is 23.2 Å². The van der Waals surface area contributed by atoms with Crippen molar-refractivity contribution in [2.24, 2.45) is 5.92 Å². The summed E-state index contributed by atoms with van der Waals surface area (Å²) in [5.74, 6) is -1.94. The molecule has 2 N–H and O–H groups in total. The second-order valence-corrected chi connectivity index (χ2v) is 10.3. The van der Waals surface area contributed by atoms with Gasteiger partial charge in [0.05, 0.1) is 22.6 Å². The average Bonchev–Trinajstić information content (AvgIpc) is 3.57. The van der Waals surface area contributed by atoms with Crippen LogP contribution in [0, 0.1) is 24.2 Å². The van der Waals surface area contributed by atoms with Crippen LogP contribution in [0.2, 0.25) is 10.0 Å². The Morgan fingerprint density at radius 3 is 2.45 bits per heavy atom. The predicted octanol–water partition coefficient (Wildman–Crippen LogP) is 5.61. The smallest absolute Gasteiger partial charge is 0.254 e. The summed E-state index contributed by atoms with van der Waals surface area (Å²) in [6, 6.07) is 12.1. The maximum Gasteiger partial charge on any atom is 0.254 e. The highest BCUT2D eigenvalue weighted by atomic mass is 35.5. The summed E-state index contributed by atoms with van der Waals surface area (Å²) in [5.41, 5.74) is 1.45. The summed E-state index contributed by atoms with van der Waals surface area (Å²) in [4.78, 5) is 25.5. The SMILES string of the molecule is Cc1cc(Cl)cc([C@@H]2[C@@H](C(=O)Nc3ccc(Cl)c(C(=O)NC4(C#N)CC4)c3)C2(Cl)Cl)c1. The highest BCUT2D eigenvalue weighted by Gasteiger charge is 2.67. The minimum atomic E-state index is -1.26. The first-order chi connectivity index (χ1) is 14.6. The van der Waals surface area contributed by atoms with E-state index in [1.807, 2.05) is 19.1 Å². The molecule has 0 saturated heterocycles. The van der Waals surface area contributed by atoms with E-state index in [4.69, 9.17) is 46.4 Å². The molecule has 0 heterocycles. The van der Waals surface area contributed by atoms with Crippen LogP contribution in [0.4, 0.5) is 5.69 Å². The zero-order chi connectivity index (χ0) is 22.6. The van der Waals surface area contributed by atoms with Crippen LogP contribution >= 0.6 is 46.4 Å². The number of nitrogens with zero attached hydrogens (tertiary/aromatic N) is 1. The molecule has 160 valence electrons. The van der Waals surface area contributed by atoms with Gasteiger partial charge in [-0.25, -0.2) is 0 Å². The maximum atomic E-state index is 12.9. The minimum absolute atomic E-state index is 0.168. The van der Waals surface area contributed by atoms with Gasteiger partial charge in [0.15, 0.2) is 0 Å². The predicted molar refractivity (Wildman–Crippen MR) is 122 cm³/mol. The van der Waals surface area contributed by atoms with E-state index in [9.17, 15) is 14.9 Å². The molecule has 0 bridgehead atoms. The molecular formula is C22H17Cl4N3O2. The Labute approximate surface area is 199 Å². The van der Waals surface area contributed by atoms with Crippen molar-refractivity contribution in [2.45, 2.75) is 35.6 Å². The van der Waals surface area contributed by atoms with E-state index in [1.165, 1.54) is 12.1 Å². The van der Waals surface area contributed by atoms with E-state index >= 15 is 0 Å². The van der Waals surface area contributed by atoms with Gasteiger partial charge in [-0.1, -0.05) is 29.3 Å². The zero-order valence-corrected chi connectivity index (χ0v) is 19.3. The standard InChI is InChI=1S/C22H17Cl4N3O2/c1-11-6-12(8-13(23)7-11)17-18(22(17,25)26)20(31)28-14-2-3-16(24)15(9-14)19(30)29-21(10-27)4-5-21/h2-3,6-9,17-18H,4-5H2,1H3,(H,28,31)(H,29,30)/t17-,18+/m1/s1. The first-order valence-electron chi connectivity index (χ1n) is 9.55. The second kappa shape index (κ2) is 7.86. The van der Waals surface area contributed by atoms with Crippen LogP contribution in [0.5, 0.6) is 0 Å². The molecular weight excluding hydrogens is 480 g/mol. The molecule has 2 aromatic carbocycles. The molecule has 9 heteroatoms. The Hall–Kier alpha value is -1.97. The Balaban J connectivity index is 1.51. The van der Waals surface area contributed by atoms with E-state index < -0.39 is 27.6 Å². The van der Waals surface area contributed by atoms with Crippen molar-refractivity contribution < 1.29 is 9.59 Å². The van der Waals surface area contributed by atoms with Gasteiger partial charge in [0.1, 0.15) is 9.87 Å². The van der Waals surface area contributed by atoms with Crippen LogP contribution in [0.25, 0.3) is 0 Å². The third-order valence-electron chi connectivity index (χ3n) is 5.55. The number of alkyl halides is 2. The quantitative estimate of drug-likeness (QED) is 0.527. The van der Waals surface area contributed by atoms with E-state index in [0.29, 0.717) is 23.6 Å². The van der Waals surface area contributed by atoms with Crippen molar-refractivity contribution in [1.82, 2.24) is 5.32 Å². The van der Waals surface area contributed by atoms with E-state index in [0.717, 1.165) is 11.1 Å². The molecule has 2 aliphatic carbocycles. The van der Waals surface area contributed by atoms with Crippen LogP contribution < -0.4 is 10.6 Å². The number of aryl methyl sites for hydroxylation is 1. The van der Waals surface area contributed by atoms with E-state index in [2.05, 4.69) is 16.7 Å². The Morgan fingerprint density at radius 2 is 1.84 bits per heavy atom. The normalized spacial score (nSPS) is 22.2. The molecule has 31 heavy (non-hydrogen) atoms. The van der Waals surface area contributed by atoms with Gasteiger partial charge in [0.2, 0.25) is 5.91 Å². The Kier molecular flexibility index (Phi) is 5.64. The summed E-state index contributed by atoms with van der Waals surface area (Å²) in [6.45, 7) is 1.90. The number of hydrogen-bond acceptors (Lipinski definition) is 3. The Bertz CT molecular complexity index is 1120. The summed E-state index contributed by atoms with van der Waals surface area (Å²) in [7, 11) is 0. The fourth-order valence-electron chi connectivity index (χ4n) is 3.68. The number of nitriles is 1. The van der Waals surface area contributed by atoms with Crippen LogP contribution in [0.3, 0.4) is 0 Å². The van der Waals surface area contributed by atoms with Crippen LogP contribution in [0.1, 0.15) is 40.2 Å². The molecule has 2 atom stereocenters. The molecule has 0 radical (unpaired) electrons. The molecule has 0 unspecified atom stereocenters. The summed E-state index contributed by atoms with van der Waals surface area (Å²) in [6.07, 6.45) is 1.20. The van der Waals surface area contributed by atoms with Gasteiger partial charge >= 0.3 is 0 Å². The van der Waals surface area contributed by atoms with E-state index in [1.54, 1.807) is 12.1 Å². The fourth-order valence-corrected chi connectivity index (χ4v) is 5.01. The molecule has 4 rings (SSSR count). The van der Waals surface area contributed by atoms with Gasteiger partial charge < -0.3 is 10.6 Å². The number of nitrogens with one attached hydrogen (secondary N) is 2. The molecule has 2 aromatic rings. The van der Waals surface area contributed by atoms with Gasteiger partial charge in [0, 0.05) is 16.6 Å². The lowest BCUT2D eigenvalue weighted by Gasteiger charge is -2.12. The molecule has 0 aromatic heterocycles. The number of anilines is 1. The second-order valence-electron chi connectivity index (χ2n) is 8.02. The van der Waals surface area contributed by atoms with Gasteiger partial charge in [-0.3, -0.25) is 9.59 Å². The number of benzene rings is 2. The van der Waals surface area contributed by atoms with Gasteiger partial charge in [0.25, 0.3) is 5.91 Å². The number of amides is 2. The molecule has 2 aliphatic rings. The molecule has 0 spiro atoms. The van der Waals surface area contributed by atoms with Gasteiger partial charge in [-0.05, 0) is 61.2 Å². The number of carbonyl (C=O) groups is 2. The molecule has 2 fully saturated rings. The summed E-state index contributed by atoms with van der Waals surface area (Å²) >= 11 is 25.1. The third kappa shape index (κ3) is 4.36. The highest BCUT2D eigenvalue weighted by Crippen LogP contribution is 2.65. The number of carbonyl (C=O) groups excluding carboxylic acids is 2. The molecule has 0 aliphatic heterocycles. The summed E-state index contributed by atoms with van der Waals surface area (Å²) < 4.78 is -1.26. The van der Waals surface area contributed by atoms with Gasteiger partial charge in [-0.2, -0.15) is 5.26 Å². The molecule has 5 nitrogen and oxygen atoms in total. The topological polar surface area (TPSA) is 82.0 Å². The average molecular weight is 497 g/mol. The number of rotatable bonds is 5. The lowest BCUT2D eigenvalue weighted by molar-refractivity contribution is -0.117. The number of hydrogen-bond donors (Lipinski definition) is 2. The molecule has 2 saturated carbocycles. The van der Waals surface area contributed by atoms with Crippen molar-refractivity contribution in [3.05, 3.63) is 63.1 Å². The van der Waals surface area contributed by atoms with Crippen LogP contribution in [0.15, 0.2) is 36.4 Å². The third-order valence-corrected chi connectivity index (χ3v) is 7.04. The van der Waals surface area contributed by atoms with Crippen molar-refractivity contribution in [1.29, 1.82) is 5.26 Å².